The summed E-state index contributed by atoms with van der Waals surface area (Å²) in [5, 5.41) is 3.00. The largest absolute Gasteiger partial charge is 0.490 e. The highest BCUT2D eigenvalue weighted by molar-refractivity contribution is 5.74. The Balaban J connectivity index is 1.44. The van der Waals surface area contributed by atoms with Gasteiger partial charge in [-0.05, 0) is 43.2 Å². The fraction of sp³-hybridized carbons (Fsp3) is 0.400. The van der Waals surface area contributed by atoms with E-state index < -0.39 is 0 Å². The number of benzene rings is 1. The minimum Gasteiger partial charge on any atom is -0.490 e. The molecular weight excluding hydrogens is 314 g/mol. The third kappa shape index (κ3) is 4.72. The fourth-order valence-electron chi connectivity index (χ4n) is 2.97. The van der Waals surface area contributed by atoms with Gasteiger partial charge in [0.05, 0.1) is 0 Å². The van der Waals surface area contributed by atoms with E-state index in [1.54, 1.807) is 6.20 Å². The second-order valence-corrected chi connectivity index (χ2v) is 6.58. The lowest BCUT2D eigenvalue weighted by molar-refractivity contribution is 0.111. The molecule has 3 rings (SSSR count). The third-order valence-corrected chi connectivity index (χ3v) is 4.62. The van der Waals surface area contributed by atoms with Crippen LogP contribution in [-0.4, -0.2) is 35.1 Å². The van der Waals surface area contributed by atoms with Crippen molar-refractivity contribution in [1.29, 1.82) is 0 Å². The molecule has 1 aromatic heterocycles. The number of aromatic nitrogens is 1. The number of piperidine rings is 1. The van der Waals surface area contributed by atoms with E-state index in [0.29, 0.717) is 6.54 Å². The van der Waals surface area contributed by atoms with E-state index in [9.17, 15) is 4.79 Å². The topological polar surface area (TPSA) is 54.5 Å². The van der Waals surface area contributed by atoms with Crippen LogP contribution in [0, 0.1) is 13.8 Å². The molecule has 1 aliphatic rings. The van der Waals surface area contributed by atoms with Crippen LogP contribution in [0.5, 0.6) is 5.75 Å². The van der Waals surface area contributed by atoms with Crippen molar-refractivity contribution in [2.45, 2.75) is 39.3 Å². The Morgan fingerprint density at radius 2 is 1.92 bits per heavy atom. The zero-order chi connectivity index (χ0) is 17.6. The Morgan fingerprint density at radius 3 is 2.60 bits per heavy atom. The number of nitrogens with one attached hydrogen (secondary N) is 1. The number of carbonyl (C=O) groups excluding carboxylic acids is 1. The first-order valence-corrected chi connectivity index (χ1v) is 8.77. The molecule has 132 valence electrons. The summed E-state index contributed by atoms with van der Waals surface area (Å²) in [7, 11) is 0. The second kappa shape index (κ2) is 8.01. The van der Waals surface area contributed by atoms with Gasteiger partial charge in [0.15, 0.2) is 0 Å². The summed E-state index contributed by atoms with van der Waals surface area (Å²) in [6.45, 7) is 6.04. The molecule has 1 aromatic carbocycles. The maximum Gasteiger partial charge on any atom is 0.317 e. The van der Waals surface area contributed by atoms with Crippen molar-refractivity contribution in [1.82, 2.24) is 15.2 Å². The summed E-state index contributed by atoms with van der Waals surface area (Å²) >= 11 is 0. The Bertz CT molecular complexity index is 707. The molecule has 0 atom stereocenters. The van der Waals surface area contributed by atoms with Crippen LogP contribution >= 0.6 is 0 Å². The third-order valence-electron chi connectivity index (χ3n) is 4.62. The summed E-state index contributed by atoms with van der Waals surface area (Å²) < 4.78 is 6.02. The highest BCUT2D eigenvalue weighted by Gasteiger charge is 2.23. The molecule has 5 nitrogen and oxygen atoms in total. The highest BCUT2D eigenvalue weighted by atomic mass is 16.5. The predicted molar refractivity (Wildman–Crippen MR) is 97.6 cm³/mol. The Morgan fingerprint density at radius 1 is 1.20 bits per heavy atom. The molecule has 1 aliphatic heterocycles. The molecule has 0 bridgehead atoms. The van der Waals surface area contributed by atoms with Crippen molar-refractivity contribution < 1.29 is 9.53 Å². The molecule has 0 aliphatic carbocycles. The van der Waals surface area contributed by atoms with Crippen molar-refractivity contribution in [3.05, 3.63) is 59.4 Å². The van der Waals surface area contributed by atoms with Crippen LogP contribution in [0.3, 0.4) is 0 Å². The van der Waals surface area contributed by atoms with Gasteiger partial charge in [-0.3, -0.25) is 4.98 Å². The molecule has 2 heterocycles. The van der Waals surface area contributed by atoms with Crippen molar-refractivity contribution in [2.24, 2.45) is 0 Å². The van der Waals surface area contributed by atoms with E-state index >= 15 is 0 Å². The van der Waals surface area contributed by atoms with Crippen LogP contribution < -0.4 is 10.1 Å². The molecule has 1 fully saturated rings. The van der Waals surface area contributed by atoms with Gasteiger partial charge in [-0.15, -0.1) is 0 Å². The Kier molecular flexibility index (Phi) is 5.53. The normalized spacial score (nSPS) is 15.0. The van der Waals surface area contributed by atoms with E-state index in [1.165, 1.54) is 5.56 Å². The van der Waals surface area contributed by atoms with Gasteiger partial charge in [-0.2, -0.15) is 0 Å². The number of ether oxygens (including phenoxy) is 1. The van der Waals surface area contributed by atoms with E-state index in [2.05, 4.69) is 29.4 Å². The van der Waals surface area contributed by atoms with E-state index in [0.717, 1.165) is 42.8 Å². The molecule has 5 heteroatoms. The van der Waals surface area contributed by atoms with Crippen molar-refractivity contribution >= 4 is 6.03 Å². The minimum absolute atomic E-state index is 0.00926. The number of rotatable bonds is 4. The molecule has 0 spiro atoms. The van der Waals surface area contributed by atoms with Gasteiger partial charge in [0.25, 0.3) is 0 Å². The predicted octanol–water partition coefficient (Wildman–Crippen LogP) is 3.45. The lowest BCUT2D eigenvalue weighted by Gasteiger charge is -2.32. The van der Waals surface area contributed by atoms with Gasteiger partial charge in [0.2, 0.25) is 0 Å². The van der Waals surface area contributed by atoms with E-state index in [1.807, 2.05) is 36.2 Å². The Labute approximate surface area is 149 Å². The second-order valence-electron chi connectivity index (χ2n) is 6.58. The number of aryl methyl sites for hydroxylation is 2. The summed E-state index contributed by atoms with van der Waals surface area (Å²) in [6.07, 6.45) is 5.46. The average molecular weight is 339 g/mol. The molecular formula is C20H25N3O2. The highest BCUT2D eigenvalue weighted by Crippen LogP contribution is 2.19. The number of likely N-dealkylation sites (tertiary alicyclic amines) is 1. The molecule has 0 saturated carbocycles. The first kappa shape index (κ1) is 17.3. The molecule has 25 heavy (non-hydrogen) atoms. The zero-order valence-corrected chi connectivity index (χ0v) is 14.9. The van der Waals surface area contributed by atoms with Gasteiger partial charge in [-0.1, -0.05) is 17.7 Å². The number of pyridine rings is 1. The van der Waals surface area contributed by atoms with Gasteiger partial charge in [0, 0.05) is 44.9 Å². The summed E-state index contributed by atoms with van der Waals surface area (Å²) in [5.74, 6) is 0.904. The molecule has 0 unspecified atom stereocenters. The number of urea groups is 1. The summed E-state index contributed by atoms with van der Waals surface area (Å²) in [4.78, 5) is 18.3. The number of carbonyl (C=O) groups is 1. The summed E-state index contributed by atoms with van der Waals surface area (Å²) in [5.41, 5.74) is 3.41. The minimum atomic E-state index is -0.00926. The van der Waals surface area contributed by atoms with E-state index in [-0.39, 0.29) is 12.1 Å². The molecule has 2 aromatic rings. The Hall–Kier alpha value is -2.56. The van der Waals surface area contributed by atoms with Crippen molar-refractivity contribution in [2.75, 3.05) is 13.1 Å². The van der Waals surface area contributed by atoms with Crippen LogP contribution in [0.15, 0.2) is 42.7 Å². The SMILES string of the molecule is Cc1ccc(OC2CCN(C(=O)NCc3ccncc3C)CC2)cc1. The van der Waals surface area contributed by atoms with Gasteiger partial charge < -0.3 is 15.0 Å². The van der Waals surface area contributed by atoms with Crippen LogP contribution in [0.4, 0.5) is 4.79 Å². The number of amides is 2. The maximum absolute atomic E-state index is 12.3. The fourth-order valence-corrected chi connectivity index (χ4v) is 2.97. The average Bonchev–Trinajstić information content (AvgIpc) is 2.63. The van der Waals surface area contributed by atoms with Gasteiger partial charge in [-0.25, -0.2) is 4.79 Å². The monoisotopic (exact) mass is 339 g/mol. The molecule has 1 N–H and O–H groups in total. The maximum atomic E-state index is 12.3. The molecule has 0 radical (unpaired) electrons. The quantitative estimate of drug-likeness (QED) is 0.928. The summed E-state index contributed by atoms with van der Waals surface area (Å²) in [6, 6.07) is 10.1. The zero-order valence-electron chi connectivity index (χ0n) is 14.9. The van der Waals surface area contributed by atoms with Crippen molar-refractivity contribution in [3.8, 4) is 5.75 Å². The van der Waals surface area contributed by atoms with Crippen LogP contribution in [0.1, 0.15) is 29.5 Å². The first-order chi connectivity index (χ1) is 12.1. The van der Waals surface area contributed by atoms with Crippen molar-refractivity contribution in [3.63, 3.8) is 0 Å². The van der Waals surface area contributed by atoms with Gasteiger partial charge in [0.1, 0.15) is 11.9 Å². The van der Waals surface area contributed by atoms with Crippen LogP contribution in [0.25, 0.3) is 0 Å². The standard InChI is InChI=1S/C20H25N3O2/c1-15-3-5-18(6-4-15)25-19-8-11-23(12-9-19)20(24)22-14-17-7-10-21-13-16(17)2/h3-7,10,13,19H,8-9,11-12,14H2,1-2H3,(H,22,24). The van der Waals surface area contributed by atoms with Gasteiger partial charge >= 0.3 is 6.03 Å². The molecule has 2 amide bonds. The number of nitrogens with zero attached hydrogens (tertiary/aromatic N) is 2. The molecule has 1 saturated heterocycles. The lowest BCUT2D eigenvalue weighted by Crippen LogP contribution is -2.46. The van der Waals surface area contributed by atoms with Crippen LogP contribution in [-0.2, 0) is 6.54 Å². The number of hydrogen-bond acceptors (Lipinski definition) is 3. The lowest BCUT2D eigenvalue weighted by atomic mass is 10.1. The smallest absolute Gasteiger partial charge is 0.317 e. The first-order valence-electron chi connectivity index (χ1n) is 8.77. The van der Waals surface area contributed by atoms with Crippen LogP contribution in [0.2, 0.25) is 0 Å². The number of hydrogen-bond donors (Lipinski definition) is 1. The van der Waals surface area contributed by atoms with E-state index in [4.69, 9.17) is 4.74 Å².